The number of nitrogens with zero attached hydrogens (tertiary/aromatic N) is 1. The number of amides is 2. The SMILES string of the molecule is C=C1NC(=NCC2(N)CCCCC2)NC(Nc2ccc3c(c2)C(=O)NCC3)=C1C(N)=O. The number of hydrogen-bond acceptors (Lipinski definition) is 5. The monoisotopic (exact) mass is 423 g/mol. The molecule has 164 valence electrons. The largest absolute Gasteiger partial charge is 0.365 e. The zero-order valence-corrected chi connectivity index (χ0v) is 17.5. The number of anilines is 1. The maximum atomic E-state index is 12.2. The molecule has 3 aliphatic rings. The lowest BCUT2D eigenvalue weighted by atomic mass is 9.83. The second kappa shape index (κ2) is 8.43. The van der Waals surface area contributed by atoms with E-state index in [1.165, 1.54) is 6.42 Å². The fourth-order valence-corrected chi connectivity index (χ4v) is 4.30. The van der Waals surface area contributed by atoms with Crippen LogP contribution in [0.15, 0.2) is 46.9 Å². The highest BCUT2D eigenvalue weighted by Gasteiger charge is 2.29. The molecule has 9 nitrogen and oxygen atoms in total. The number of carbonyl (C=O) groups excluding carboxylic acids is 2. The topological polar surface area (TPSA) is 147 Å². The molecule has 1 aromatic carbocycles. The molecule has 0 atom stereocenters. The number of guanidine groups is 1. The van der Waals surface area contributed by atoms with Gasteiger partial charge in [-0.3, -0.25) is 14.6 Å². The molecule has 1 fully saturated rings. The van der Waals surface area contributed by atoms with E-state index < -0.39 is 5.91 Å². The Bertz CT molecular complexity index is 990. The predicted molar refractivity (Wildman–Crippen MR) is 120 cm³/mol. The first-order valence-corrected chi connectivity index (χ1v) is 10.6. The van der Waals surface area contributed by atoms with E-state index in [9.17, 15) is 9.59 Å². The highest BCUT2D eigenvalue weighted by atomic mass is 16.2. The lowest BCUT2D eigenvalue weighted by molar-refractivity contribution is -0.114. The maximum Gasteiger partial charge on any atom is 0.254 e. The van der Waals surface area contributed by atoms with E-state index in [4.69, 9.17) is 11.5 Å². The van der Waals surface area contributed by atoms with E-state index in [0.717, 1.165) is 37.7 Å². The maximum absolute atomic E-state index is 12.2. The fourth-order valence-electron chi connectivity index (χ4n) is 4.30. The Hall–Kier alpha value is -3.33. The highest BCUT2D eigenvalue weighted by molar-refractivity contribution is 6.02. The summed E-state index contributed by atoms with van der Waals surface area (Å²) in [6.07, 6.45) is 6.09. The summed E-state index contributed by atoms with van der Waals surface area (Å²) in [5.41, 5.74) is 14.6. The van der Waals surface area contributed by atoms with Gasteiger partial charge in [-0.25, -0.2) is 0 Å². The molecule has 8 N–H and O–H groups in total. The van der Waals surface area contributed by atoms with Gasteiger partial charge in [0.05, 0.1) is 12.2 Å². The quantitative estimate of drug-likeness (QED) is 0.413. The lowest BCUT2D eigenvalue weighted by Gasteiger charge is -2.32. The van der Waals surface area contributed by atoms with Crippen LogP contribution in [0.5, 0.6) is 0 Å². The summed E-state index contributed by atoms with van der Waals surface area (Å²) in [7, 11) is 0. The molecule has 0 unspecified atom stereocenters. The van der Waals surface area contributed by atoms with E-state index >= 15 is 0 Å². The molecule has 4 rings (SSSR count). The lowest BCUT2D eigenvalue weighted by Crippen LogP contribution is -2.49. The number of rotatable bonds is 5. The number of aliphatic imine (C=N–C) groups is 1. The highest BCUT2D eigenvalue weighted by Crippen LogP contribution is 2.26. The molecule has 9 heteroatoms. The van der Waals surface area contributed by atoms with Crippen LogP contribution in [0, 0.1) is 0 Å². The van der Waals surface area contributed by atoms with Crippen LogP contribution in [0.1, 0.15) is 48.0 Å². The predicted octanol–water partition coefficient (Wildman–Crippen LogP) is 0.805. The second-order valence-corrected chi connectivity index (χ2v) is 8.43. The molecule has 0 saturated heterocycles. The molecule has 0 radical (unpaired) electrons. The van der Waals surface area contributed by atoms with Crippen LogP contribution < -0.4 is 32.7 Å². The van der Waals surface area contributed by atoms with Crippen LogP contribution in [0.4, 0.5) is 5.69 Å². The van der Waals surface area contributed by atoms with Crippen molar-refractivity contribution in [3.63, 3.8) is 0 Å². The van der Waals surface area contributed by atoms with E-state index in [-0.39, 0.29) is 17.0 Å². The van der Waals surface area contributed by atoms with Gasteiger partial charge in [-0.2, -0.15) is 0 Å². The van der Waals surface area contributed by atoms with Crippen molar-refractivity contribution < 1.29 is 9.59 Å². The molecule has 1 saturated carbocycles. The minimum Gasteiger partial charge on any atom is -0.365 e. The van der Waals surface area contributed by atoms with Gasteiger partial charge in [-0.15, -0.1) is 0 Å². The molecule has 2 aliphatic heterocycles. The molecule has 2 amide bonds. The molecule has 1 aliphatic carbocycles. The number of nitrogens with two attached hydrogens (primary N) is 2. The molecule has 0 spiro atoms. The first-order chi connectivity index (χ1) is 14.8. The normalized spacial score (nSPS) is 21.6. The van der Waals surface area contributed by atoms with Gasteiger partial charge in [0.25, 0.3) is 11.8 Å². The van der Waals surface area contributed by atoms with Gasteiger partial charge in [0.1, 0.15) is 11.4 Å². The summed E-state index contributed by atoms with van der Waals surface area (Å²) in [5.74, 6) is 0.0639. The van der Waals surface area contributed by atoms with E-state index in [0.29, 0.717) is 41.8 Å². The number of primary amides is 1. The van der Waals surface area contributed by atoms with Crippen molar-refractivity contribution in [2.75, 3.05) is 18.4 Å². The number of nitrogens with one attached hydrogen (secondary N) is 4. The van der Waals surface area contributed by atoms with Crippen molar-refractivity contribution in [2.24, 2.45) is 16.5 Å². The van der Waals surface area contributed by atoms with E-state index in [1.54, 1.807) is 6.07 Å². The van der Waals surface area contributed by atoms with Gasteiger partial charge in [0.15, 0.2) is 0 Å². The van der Waals surface area contributed by atoms with Crippen molar-refractivity contribution in [3.05, 3.63) is 53.0 Å². The number of fused-ring (bicyclic) bond motifs is 1. The van der Waals surface area contributed by atoms with Crippen LogP contribution in [0.3, 0.4) is 0 Å². The number of carbonyl (C=O) groups is 2. The van der Waals surface area contributed by atoms with Gasteiger partial charge >= 0.3 is 0 Å². The van der Waals surface area contributed by atoms with Crippen molar-refractivity contribution in [1.82, 2.24) is 16.0 Å². The van der Waals surface area contributed by atoms with Crippen molar-refractivity contribution in [2.45, 2.75) is 44.1 Å². The summed E-state index contributed by atoms with van der Waals surface area (Å²) in [6.45, 7) is 5.02. The molecular weight excluding hydrogens is 394 g/mol. The molecule has 2 heterocycles. The molecular formula is C22H29N7O2. The van der Waals surface area contributed by atoms with Gasteiger partial charge < -0.3 is 32.7 Å². The molecule has 0 bridgehead atoms. The summed E-state index contributed by atoms with van der Waals surface area (Å²) >= 11 is 0. The van der Waals surface area contributed by atoms with Gasteiger partial charge in [-0.05, 0) is 37.0 Å². The first kappa shape index (κ1) is 20.9. The first-order valence-electron chi connectivity index (χ1n) is 10.6. The van der Waals surface area contributed by atoms with Gasteiger partial charge in [-0.1, -0.05) is 31.9 Å². The Labute approximate surface area is 181 Å². The Morgan fingerprint density at radius 2 is 2.00 bits per heavy atom. The van der Waals surface area contributed by atoms with Crippen LogP contribution in [0.25, 0.3) is 0 Å². The smallest absolute Gasteiger partial charge is 0.254 e. The zero-order valence-electron chi connectivity index (χ0n) is 17.5. The Morgan fingerprint density at radius 3 is 2.74 bits per heavy atom. The van der Waals surface area contributed by atoms with E-state index in [1.807, 2.05) is 12.1 Å². The summed E-state index contributed by atoms with van der Waals surface area (Å²) in [5, 5.41) is 12.1. The third-order valence-electron chi connectivity index (χ3n) is 6.02. The minimum absolute atomic E-state index is 0.111. The Kier molecular flexibility index (Phi) is 5.69. The molecule has 1 aromatic rings. The van der Waals surface area contributed by atoms with Crippen molar-refractivity contribution in [1.29, 1.82) is 0 Å². The number of hydrogen-bond donors (Lipinski definition) is 6. The standard InChI is InChI=1S/C22H29N7O2/c1-13-17(18(23)30)19(28-15-6-5-14-7-10-25-20(31)16(14)11-15)29-21(27-13)26-12-22(24)8-3-2-4-9-22/h5-6,11,28H,1-4,7-10,12,24H2,(H2,23,30)(H,25,31)(H2,26,27,29). The van der Waals surface area contributed by atoms with Crippen LogP contribution in [0.2, 0.25) is 0 Å². The van der Waals surface area contributed by atoms with Crippen LogP contribution in [-0.4, -0.2) is 36.4 Å². The van der Waals surface area contributed by atoms with Crippen LogP contribution >= 0.6 is 0 Å². The average molecular weight is 424 g/mol. The average Bonchev–Trinajstić information content (AvgIpc) is 2.73. The third-order valence-corrected chi connectivity index (χ3v) is 6.02. The molecule has 0 aromatic heterocycles. The zero-order chi connectivity index (χ0) is 22.0. The third kappa shape index (κ3) is 4.56. The van der Waals surface area contributed by atoms with Gasteiger partial charge in [0.2, 0.25) is 5.96 Å². The fraction of sp³-hybridized carbons (Fsp3) is 0.409. The molecule has 31 heavy (non-hydrogen) atoms. The van der Waals surface area contributed by atoms with Crippen molar-refractivity contribution in [3.8, 4) is 0 Å². The van der Waals surface area contributed by atoms with Crippen LogP contribution in [-0.2, 0) is 11.2 Å². The number of benzene rings is 1. The summed E-state index contributed by atoms with van der Waals surface area (Å²) in [6, 6.07) is 5.53. The second-order valence-electron chi connectivity index (χ2n) is 8.43. The minimum atomic E-state index is -0.634. The summed E-state index contributed by atoms with van der Waals surface area (Å²) in [4.78, 5) is 28.9. The Morgan fingerprint density at radius 1 is 1.23 bits per heavy atom. The van der Waals surface area contributed by atoms with Crippen molar-refractivity contribution >= 4 is 23.5 Å². The Balaban J connectivity index is 1.58. The summed E-state index contributed by atoms with van der Waals surface area (Å²) < 4.78 is 0. The van der Waals surface area contributed by atoms with Gasteiger partial charge in [0, 0.05) is 23.3 Å². The van der Waals surface area contributed by atoms with E-state index in [2.05, 4.69) is 32.8 Å².